The average Bonchev–Trinajstić information content (AvgIpc) is 2.66. The fraction of sp³-hybridized carbons (Fsp3) is 0.263. The molecule has 1 aliphatic rings. The summed E-state index contributed by atoms with van der Waals surface area (Å²) in [5.41, 5.74) is 1.36. The van der Waals surface area contributed by atoms with Crippen molar-refractivity contribution in [1.29, 1.82) is 0 Å². The lowest BCUT2D eigenvalue weighted by Crippen LogP contribution is -2.32. The van der Waals surface area contributed by atoms with Crippen LogP contribution in [0, 0.1) is 5.92 Å². The SMILES string of the molecule is C[C@H](CS(=O)(=O)c1ccc2c(c1)NC(=O)CS2)C(=O)NCc1ccc(Cl)cc1. The minimum absolute atomic E-state index is 0.0893. The Kier molecular flexibility index (Phi) is 6.32. The molecule has 1 aliphatic heterocycles. The van der Waals surface area contributed by atoms with Crippen LogP contribution in [0.1, 0.15) is 12.5 Å². The number of rotatable bonds is 6. The lowest BCUT2D eigenvalue weighted by atomic mass is 10.2. The first-order valence-electron chi connectivity index (χ1n) is 8.56. The van der Waals surface area contributed by atoms with Crippen molar-refractivity contribution in [2.45, 2.75) is 23.3 Å². The molecule has 0 fully saturated rings. The molecule has 0 aliphatic carbocycles. The average molecular weight is 439 g/mol. The number of nitrogens with one attached hydrogen (secondary N) is 2. The van der Waals surface area contributed by atoms with Gasteiger partial charge in [0.25, 0.3) is 0 Å². The van der Waals surface area contributed by atoms with Crippen molar-refractivity contribution in [1.82, 2.24) is 5.32 Å². The molecule has 9 heteroatoms. The van der Waals surface area contributed by atoms with Crippen LogP contribution in [0.3, 0.4) is 0 Å². The number of anilines is 1. The van der Waals surface area contributed by atoms with Crippen molar-refractivity contribution in [3.05, 3.63) is 53.1 Å². The number of fused-ring (bicyclic) bond motifs is 1. The Bertz CT molecular complexity index is 1010. The van der Waals surface area contributed by atoms with Gasteiger partial charge in [-0.05, 0) is 35.9 Å². The summed E-state index contributed by atoms with van der Waals surface area (Å²) in [5, 5.41) is 6.02. The van der Waals surface area contributed by atoms with Gasteiger partial charge in [0.05, 0.1) is 22.1 Å². The van der Waals surface area contributed by atoms with Gasteiger partial charge in [-0.2, -0.15) is 0 Å². The lowest BCUT2D eigenvalue weighted by molar-refractivity contribution is -0.124. The summed E-state index contributed by atoms with van der Waals surface area (Å²) in [5.74, 6) is -1.25. The summed E-state index contributed by atoms with van der Waals surface area (Å²) in [7, 11) is -3.68. The molecule has 0 bridgehead atoms. The minimum Gasteiger partial charge on any atom is -0.352 e. The molecule has 6 nitrogen and oxygen atoms in total. The van der Waals surface area contributed by atoms with Gasteiger partial charge in [-0.15, -0.1) is 11.8 Å². The zero-order valence-electron chi connectivity index (χ0n) is 15.1. The summed E-state index contributed by atoms with van der Waals surface area (Å²) in [4.78, 5) is 24.7. The third-order valence-electron chi connectivity index (χ3n) is 4.24. The smallest absolute Gasteiger partial charge is 0.234 e. The highest BCUT2D eigenvalue weighted by Crippen LogP contribution is 2.33. The van der Waals surface area contributed by atoms with Crippen molar-refractivity contribution >= 4 is 50.7 Å². The number of benzene rings is 2. The molecule has 0 radical (unpaired) electrons. The van der Waals surface area contributed by atoms with E-state index in [2.05, 4.69) is 10.6 Å². The Hall–Kier alpha value is -2.03. The standard InChI is InChI=1S/C19H19ClN2O4S2/c1-12(19(24)21-9-13-2-4-14(20)5-3-13)11-28(25,26)15-6-7-17-16(8-15)22-18(23)10-27-17/h2-8,12H,9-11H2,1H3,(H,21,24)(H,22,23)/t12-/m1/s1. The summed E-state index contributed by atoms with van der Waals surface area (Å²) < 4.78 is 25.4. The Labute approximate surface area is 173 Å². The maximum absolute atomic E-state index is 12.7. The fourth-order valence-corrected chi connectivity index (χ4v) is 5.21. The van der Waals surface area contributed by atoms with Crippen LogP contribution in [0.2, 0.25) is 5.02 Å². The quantitative estimate of drug-likeness (QED) is 0.722. The maximum Gasteiger partial charge on any atom is 0.234 e. The molecule has 0 unspecified atom stereocenters. The second-order valence-corrected chi connectivity index (χ2v) is 10.0. The number of hydrogen-bond acceptors (Lipinski definition) is 5. The van der Waals surface area contributed by atoms with Crippen LogP contribution >= 0.6 is 23.4 Å². The van der Waals surface area contributed by atoms with E-state index in [1.165, 1.54) is 23.9 Å². The second kappa shape index (κ2) is 8.55. The Morgan fingerprint density at radius 1 is 1.25 bits per heavy atom. The lowest BCUT2D eigenvalue weighted by Gasteiger charge is -2.18. The van der Waals surface area contributed by atoms with E-state index in [0.717, 1.165) is 10.5 Å². The molecule has 3 rings (SSSR count). The fourth-order valence-electron chi connectivity index (χ4n) is 2.72. The largest absolute Gasteiger partial charge is 0.352 e. The molecular weight excluding hydrogens is 420 g/mol. The topological polar surface area (TPSA) is 92.3 Å². The maximum atomic E-state index is 12.7. The number of carbonyl (C=O) groups is 2. The van der Waals surface area contributed by atoms with Crippen molar-refractivity contribution in [3.8, 4) is 0 Å². The summed E-state index contributed by atoms with van der Waals surface area (Å²) in [6.45, 7) is 1.87. The number of amides is 2. The second-order valence-electron chi connectivity index (χ2n) is 6.52. The number of halogens is 1. The highest BCUT2D eigenvalue weighted by Gasteiger charge is 2.25. The van der Waals surface area contributed by atoms with Crippen LogP contribution in [0.25, 0.3) is 0 Å². The van der Waals surface area contributed by atoms with E-state index >= 15 is 0 Å². The zero-order chi connectivity index (χ0) is 20.3. The van der Waals surface area contributed by atoms with E-state index in [1.54, 1.807) is 37.3 Å². The van der Waals surface area contributed by atoms with Crippen molar-refractivity contribution in [2.75, 3.05) is 16.8 Å². The molecular formula is C19H19ClN2O4S2. The van der Waals surface area contributed by atoms with Gasteiger partial charge in [-0.25, -0.2) is 8.42 Å². The Balaban J connectivity index is 1.64. The summed E-state index contributed by atoms with van der Waals surface area (Å²) >= 11 is 7.19. The molecule has 1 atom stereocenters. The van der Waals surface area contributed by atoms with Crippen LogP contribution < -0.4 is 10.6 Å². The first-order valence-corrected chi connectivity index (χ1v) is 11.6. The van der Waals surface area contributed by atoms with Gasteiger partial charge in [0.2, 0.25) is 11.8 Å². The molecule has 0 saturated heterocycles. The number of carbonyl (C=O) groups excluding carboxylic acids is 2. The molecule has 148 valence electrons. The summed E-state index contributed by atoms with van der Waals surface area (Å²) in [6, 6.07) is 11.7. The number of sulfone groups is 1. The van der Waals surface area contributed by atoms with E-state index in [-0.39, 0.29) is 22.5 Å². The highest BCUT2D eigenvalue weighted by atomic mass is 35.5. The third kappa shape index (κ3) is 5.06. The Morgan fingerprint density at radius 3 is 2.68 bits per heavy atom. The molecule has 2 amide bonds. The van der Waals surface area contributed by atoms with Gasteiger partial charge >= 0.3 is 0 Å². The van der Waals surface area contributed by atoms with E-state index < -0.39 is 15.8 Å². The Morgan fingerprint density at radius 2 is 1.96 bits per heavy atom. The molecule has 1 heterocycles. The van der Waals surface area contributed by atoms with Crippen molar-refractivity contribution in [3.63, 3.8) is 0 Å². The van der Waals surface area contributed by atoms with E-state index in [9.17, 15) is 18.0 Å². The first-order chi connectivity index (χ1) is 13.2. The monoisotopic (exact) mass is 438 g/mol. The van der Waals surface area contributed by atoms with E-state index in [0.29, 0.717) is 23.0 Å². The zero-order valence-corrected chi connectivity index (χ0v) is 17.5. The van der Waals surface area contributed by atoms with Crippen molar-refractivity contribution < 1.29 is 18.0 Å². The van der Waals surface area contributed by atoms with Gasteiger partial charge in [0.1, 0.15) is 0 Å². The van der Waals surface area contributed by atoms with Gasteiger partial charge < -0.3 is 10.6 Å². The van der Waals surface area contributed by atoms with Crippen LogP contribution in [-0.2, 0) is 26.0 Å². The molecule has 2 aromatic rings. The molecule has 0 spiro atoms. The molecule has 0 saturated carbocycles. The van der Waals surface area contributed by atoms with E-state index in [4.69, 9.17) is 11.6 Å². The molecule has 28 heavy (non-hydrogen) atoms. The first kappa shape index (κ1) is 20.7. The van der Waals surface area contributed by atoms with Crippen LogP contribution in [0.15, 0.2) is 52.3 Å². The minimum atomic E-state index is -3.68. The number of hydrogen-bond donors (Lipinski definition) is 2. The van der Waals surface area contributed by atoms with Crippen molar-refractivity contribution in [2.24, 2.45) is 5.92 Å². The predicted octanol–water partition coefficient (Wildman–Crippen LogP) is 3.11. The molecule has 2 aromatic carbocycles. The molecule has 2 N–H and O–H groups in total. The molecule has 0 aromatic heterocycles. The summed E-state index contributed by atoms with van der Waals surface area (Å²) in [6.07, 6.45) is 0. The normalized spacial score (nSPS) is 14.7. The van der Waals surface area contributed by atoms with Gasteiger partial charge in [-0.1, -0.05) is 30.7 Å². The van der Waals surface area contributed by atoms with Crippen LogP contribution in [0.5, 0.6) is 0 Å². The highest BCUT2D eigenvalue weighted by molar-refractivity contribution is 8.00. The van der Waals surface area contributed by atoms with Gasteiger partial charge in [0.15, 0.2) is 9.84 Å². The van der Waals surface area contributed by atoms with Crippen LogP contribution in [-0.4, -0.2) is 31.7 Å². The third-order valence-corrected chi connectivity index (χ3v) is 7.48. The predicted molar refractivity (Wildman–Crippen MR) is 110 cm³/mol. The van der Waals surface area contributed by atoms with E-state index in [1.807, 2.05) is 0 Å². The van der Waals surface area contributed by atoms with Gasteiger partial charge in [-0.3, -0.25) is 9.59 Å². The van der Waals surface area contributed by atoms with Gasteiger partial charge in [0, 0.05) is 22.4 Å². The van der Waals surface area contributed by atoms with Crippen LogP contribution in [0.4, 0.5) is 5.69 Å². The number of thioether (sulfide) groups is 1.